The molecule has 2 aliphatic rings. The van der Waals surface area contributed by atoms with Crippen LogP contribution in [0, 0.1) is 0 Å². The molecule has 13 heteroatoms. The topological polar surface area (TPSA) is 80.8 Å². The van der Waals surface area contributed by atoms with Crippen LogP contribution in [0.4, 0.5) is 18.3 Å². The van der Waals surface area contributed by atoms with Gasteiger partial charge in [0.25, 0.3) is 5.91 Å². The number of halogens is 3. The lowest BCUT2D eigenvalue weighted by Crippen LogP contribution is -2.29. The number of rotatable bonds is 13. The molecule has 2 aromatic carbocycles. The summed E-state index contributed by atoms with van der Waals surface area (Å²) in [7, 11) is 1.61. The molecule has 0 radical (unpaired) electrons. The predicted octanol–water partition coefficient (Wildman–Crippen LogP) is 8.87. The minimum atomic E-state index is -4.40. The number of carbonyl (C=O) groups is 2. The van der Waals surface area contributed by atoms with Crippen molar-refractivity contribution in [3.05, 3.63) is 75.1 Å². The summed E-state index contributed by atoms with van der Waals surface area (Å²) >= 11 is 8.00. The highest BCUT2D eigenvalue weighted by Crippen LogP contribution is 2.36. The van der Waals surface area contributed by atoms with E-state index in [0.717, 1.165) is 41.8 Å². The van der Waals surface area contributed by atoms with Gasteiger partial charge in [0, 0.05) is 30.5 Å². The van der Waals surface area contributed by atoms with E-state index in [1.54, 1.807) is 24.3 Å². The summed E-state index contributed by atoms with van der Waals surface area (Å²) in [5.41, 5.74) is 0.654. The van der Waals surface area contributed by atoms with E-state index in [1.807, 2.05) is 24.3 Å². The van der Waals surface area contributed by atoms with Crippen molar-refractivity contribution in [2.75, 3.05) is 19.0 Å². The summed E-state index contributed by atoms with van der Waals surface area (Å²) in [4.78, 5) is 32.7. The van der Waals surface area contributed by atoms with Crippen LogP contribution in [0.2, 0.25) is 0 Å². The molecule has 1 aromatic heterocycles. The number of anilines is 1. The van der Waals surface area contributed by atoms with Gasteiger partial charge in [-0.25, -0.2) is 4.98 Å². The maximum Gasteiger partial charge on any atom is 0.416 e. The van der Waals surface area contributed by atoms with E-state index in [0.29, 0.717) is 57.2 Å². The van der Waals surface area contributed by atoms with Gasteiger partial charge < -0.3 is 14.8 Å². The molecule has 2 amide bonds. The predicted molar refractivity (Wildman–Crippen MR) is 184 cm³/mol. The molecule has 5 rings (SSSR count). The van der Waals surface area contributed by atoms with Crippen LogP contribution in [-0.2, 0) is 22.2 Å². The number of nitrogens with one attached hydrogen (secondary N) is 1. The van der Waals surface area contributed by atoms with Crippen LogP contribution in [0.15, 0.2) is 53.6 Å². The van der Waals surface area contributed by atoms with Gasteiger partial charge >= 0.3 is 6.18 Å². The van der Waals surface area contributed by atoms with E-state index < -0.39 is 11.7 Å². The largest absolute Gasteiger partial charge is 0.493 e. The molecule has 250 valence electrons. The number of benzene rings is 2. The fourth-order valence-corrected chi connectivity index (χ4v) is 7.67. The number of aromatic nitrogens is 1. The number of unbranched alkanes of at least 4 members (excludes halogenated alkanes) is 2. The Morgan fingerprint density at radius 1 is 1.11 bits per heavy atom. The van der Waals surface area contributed by atoms with Crippen LogP contribution in [0.5, 0.6) is 11.5 Å². The van der Waals surface area contributed by atoms with Crippen molar-refractivity contribution in [1.82, 2.24) is 9.88 Å². The first kappa shape index (κ1) is 34.9. The molecular weight excluding hydrogens is 668 g/mol. The van der Waals surface area contributed by atoms with Gasteiger partial charge in [0.2, 0.25) is 5.91 Å². The average Bonchev–Trinajstić information content (AvgIpc) is 3.59. The number of alkyl halides is 3. The first-order valence-electron chi connectivity index (χ1n) is 15.6. The van der Waals surface area contributed by atoms with Gasteiger partial charge in [0.1, 0.15) is 4.32 Å². The molecule has 2 fully saturated rings. The van der Waals surface area contributed by atoms with Crippen molar-refractivity contribution in [3.63, 3.8) is 0 Å². The summed E-state index contributed by atoms with van der Waals surface area (Å²) in [5, 5.41) is 3.17. The lowest BCUT2D eigenvalue weighted by Gasteiger charge is -2.24. The fraction of sp³-hybridized carbons (Fsp3) is 0.412. The standard InChI is InChI=1S/C34H36F3N3O4S3/c1-43-28-19-23(14-15-27(28)44-25-11-4-2-5-12-25)20-29-31(42)40(33(45)47-29)16-7-3-6-13-30(41)39-32-38-21-26(46-32)18-22-9-8-10-24(17-22)34(35,36)37/h8-10,14-15,17,19-21,25H,2-7,11-13,16,18H2,1H3,(H,38,39,41)/b29-20-. The summed E-state index contributed by atoms with van der Waals surface area (Å²) in [6.07, 6.45) is 7.49. The average molecular weight is 704 g/mol. The monoisotopic (exact) mass is 703 g/mol. The number of methoxy groups -OCH3 is 1. The van der Waals surface area contributed by atoms with Gasteiger partial charge in [-0.05, 0) is 73.9 Å². The van der Waals surface area contributed by atoms with Gasteiger partial charge in [-0.2, -0.15) is 13.2 Å². The Balaban J connectivity index is 1.04. The van der Waals surface area contributed by atoms with E-state index in [4.69, 9.17) is 21.7 Å². The van der Waals surface area contributed by atoms with Crippen LogP contribution < -0.4 is 14.8 Å². The molecule has 1 saturated carbocycles. The van der Waals surface area contributed by atoms with Crippen molar-refractivity contribution in [2.24, 2.45) is 0 Å². The molecule has 0 bridgehead atoms. The minimum Gasteiger partial charge on any atom is -0.493 e. The van der Waals surface area contributed by atoms with Crippen molar-refractivity contribution in [2.45, 2.75) is 76.5 Å². The molecule has 47 heavy (non-hydrogen) atoms. The molecular formula is C34H36F3N3O4S3. The van der Waals surface area contributed by atoms with Crippen LogP contribution in [-0.4, -0.2) is 45.8 Å². The van der Waals surface area contributed by atoms with Gasteiger partial charge in [-0.3, -0.25) is 14.5 Å². The molecule has 1 saturated heterocycles. The summed E-state index contributed by atoms with van der Waals surface area (Å²) in [6, 6.07) is 10.9. The molecule has 0 spiro atoms. The van der Waals surface area contributed by atoms with E-state index in [-0.39, 0.29) is 24.3 Å². The number of nitrogens with zero attached hydrogens (tertiary/aromatic N) is 2. The molecule has 1 aliphatic heterocycles. The molecule has 3 aromatic rings. The molecule has 1 aliphatic carbocycles. The molecule has 0 atom stereocenters. The van der Waals surface area contributed by atoms with Crippen LogP contribution in [0.3, 0.4) is 0 Å². The number of hydrogen-bond acceptors (Lipinski definition) is 8. The Labute approximate surface area is 285 Å². The Kier molecular flexibility index (Phi) is 12.0. The molecule has 2 heterocycles. The summed E-state index contributed by atoms with van der Waals surface area (Å²) in [6.45, 7) is 0.465. The Morgan fingerprint density at radius 3 is 2.68 bits per heavy atom. The van der Waals surface area contributed by atoms with Crippen molar-refractivity contribution in [1.29, 1.82) is 0 Å². The Hall–Kier alpha value is -3.42. The number of ether oxygens (including phenoxy) is 2. The quantitative estimate of drug-likeness (QED) is 0.108. The lowest BCUT2D eigenvalue weighted by atomic mass is 9.98. The van der Waals surface area contributed by atoms with Crippen LogP contribution >= 0.6 is 35.3 Å². The van der Waals surface area contributed by atoms with E-state index >= 15 is 0 Å². The minimum absolute atomic E-state index is 0.135. The maximum atomic E-state index is 13.1. The third-order valence-electron chi connectivity index (χ3n) is 7.92. The Bertz CT molecular complexity index is 1620. The fourth-order valence-electron chi connectivity index (χ4n) is 5.50. The number of thioether (sulfide) groups is 1. The number of amides is 2. The lowest BCUT2D eigenvalue weighted by molar-refractivity contribution is -0.137. The zero-order valence-corrected chi connectivity index (χ0v) is 28.4. The first-order valence-corrected chi connectivity index (χ1v) is 17.6. The highest BCUT2D eigenvalue weighted by molar-refractivity contribution is 8.26. The van der Waals surface area contributed by atoms with Crippen molar-refractivity contribution >= 4 is 62.7 Å². The SMILES string of the molecule is COc1cc(/C=C2\SC(=S)N(CCCCCC(=O)Nc3ncc(Cc4cccc(C(F)(F)F)c4)s3)C2=O)ccc1OC1CCCCC1. The smallest absolute Gasteiger partial charge is 0.416 e. The van der Waals surface area contributed by atoms with Gasteiger partial charge in [0.15, 0.2) is 16.6 Å². The summed E-state index contributed by atoms with van der Waals surface area (Å²) < 4.78 is 51.3. The second-order valence-electron chi connectivity index (χ2n) is 11.5. The highest BCUT2D eigenvalue weighted by atomic mass is 32.2. The maximum absolute atomic E-state index is 13.1. The van der Waals surface area contributed by atoms with E-state index in [1.165, 1.54) is 48.4 Å². The zero-order chi connectivity index (χ0) is 33.4. The Morgan fingerprint density at radius 2 is 1.91 bits per heavy atom. The second kappa shape index (κ2) is 16.1. The second-order valence-corrected chi connectivity index (χ2v) is 14.3. The van der Waals surface area contributed by atoms with Crippen LogP contribution in [0.25, 0.3) is 6.08 Å². The highest BCUT2D eigenvalue weighted by Gasteiger charge is 2.32. The van der Waals surface area contributed by atoms with Crippen molar-refractivity contribution < 1.29 is 32.2 Å². The van der Waals surface area contributed by atoms with E-state index in [9.17, 15) is 22.8 Å². The summed E-state index contributed by atoms with van der Waals surface area (Å²) in [5.74, 6) is 1.02. The number of carbonyl (C=O) groups excluding carboxylic acids is 2. The van der Waals surface area contributed by atoms with Gasteiger partial charge in [0.05, 0.1) is 23.7 Å². The normalized spacial score (nSPS) is 16.6. The zero-order valence-electron chi connectivity index (χ0n) is 25.9. The first-order chi connectivity index (χ1) is 22.6. The van der Waals surface area contributed by atoms with Crippen LogP contribution in [0.1, 0.15) is 79.4 Å². The molecule has 0 unspecified atom stereocenters. The van der Waals surface area contributed by atoms with Gasteiger partial charge in [-0.1, -0.05) is 61.1 Å². The number of hydrogen-bond donors (Lipinski definition) is 1. The van der Waals surface area contributed by atoms with Gasteiger partial charge in [-0.15, -0.1) is 11.3 Å². The number of thiazole rings is 1. The third kappa shape index (κ3) is 9.80. The van der Waals surface area contributed by atoms with E-state index in [2.05, 4.69) is 10.3 Å². The molecule has 7 nitrogen and oxygen atoms in total. The number of thiocarbonyl (C=S) groups is 1. The molecule has 1 N–H and O–H groups in total. The third-order valence-corrected chi connectivity index (χ3v) is 10.2. The van der Waals surface area contributed by atoms with Crippen molar-refractivity contribution in [3.8, 4) is 11.5 Å².